The average molecular weight is 210 g/mol. The standard InChI is InChI=1S/C11H11FO3/c1-6(2)7-3-8(5-9(12)4-7)10(13)11(14)15/h3-6H,1-2H3,(H,14,15). The van der Waals surface area contributed by atoms with E-state index in [2.05, 4.69) is 0 Å². The van der Waals surface area contributed by atoms with Crippen molar-refractivity contribution in [3.05, 3.63) is 35.1 Å². The first-order valence-electron chi connectivity index (χ1n) is 4.50. The number of carboxylic acid groups (broad SMARTS) is 1. The van der Waals surface area contributed by atoms with Gasteiger partial charge in [0.15, 0.2) is 0 Å². The lowest BCUT2D eigenvalue weighted by molar-refractivity contribution is -0.131. The molecule has 80 valence electrons. The van der Waals surface area contributed by atoms with E-state index in [1.807, 2.05) is 13.8 Å². The van der Waals surface area contributed by atoms with Gasteiger partial charge in [0.2, 0.25) is 0 Å². The summed E-state index contributed by atoms with van der Waals surface area (Å²) in [6.07, 6.45) is 0. The molecule has 1 aromatic carbocycles. The predicted octanol–water partition coefficient (Wildman–Crippen LogP) is 2.22. The number of aliphatic carboxylic acids is 1. The van der Waals surface area contributed by atoms with Crippen LogP contribution in [0, 0.1) is 5.82 Å². The van der Waals surface area contributed by atoms with Crippen LogP contribution in [0.15, 0.2) is 18.2 Å². The first-order chi connectivity index (χ1) is 6.91. The molecule has 4 heteroatoms. The molecule has 0 atom stereocenters. The van der Waals surface area contributed by atoms with Gasteiger partial charge in [0.25, 0.3) is 5.78 Å². The van der Waals surface area contributed by atoms with Crippen molar-refractivity contribution >= 4 is 11.8 Å². The van der Waals surface area contributed by atoms with E-state index in [-0.39, 0.29) is 11.5 Å². The van der Waals surface area contributed by atoms with Gasteiger partial charge >= 0.3 is 5.97 Å². The number of ketones is 1. The first kappa shape index (κ1) is 11.4. The van der Waals surface area contributed by atoms with Gasteiger partial charge in [-0.25, -0.2) is 9.18 Å². The minimum Gasteiger partial charge on any atom is -0.475 e. The molecule has 0 radical (unpaired) electrons. The van der Waals surface area contributed by atoms with E-state index in [4.69, 9.17) is 5.11 Å². The summed E-state index contributed by atoms with van der Waals surface area (Å²) in [4.78, 5) is 21.5. The van der Waals surface area contributed by atoms with E-state index in [0.717, 1.165) is 6.07 Å². The third-order valence-electron chi connectivity index (χ3n) is 2.04. The molecular weight excluding hydrogens is 199 g/mol. The zero-order valence-corrected chi connectivity index (χ0v) is 8.45. The maximum absolute atomic E-state index is 13.1. The van der Waals surface area contributed by atoms with Crippen molar-refractivity contribution < 1.29 is 19.1 Å². The van der Waals surface area contributed by atoms with Gasteiger partial charge in [-0.2, -0.15) is 0 Å². The van der Waals surface area contributed by atoms with Crippen molar-refractivity contribution in [1.82, 2.24) is 0 Å². The van der Waals surface area contributed by atoms with Crippen LogP contribution in [0.4, 0.5) is 4.39 Å². The van der Waals surface area contributed by atoms with Crippen molar-refractivity contribution in [3.8, 4) is 0 Å². The zero-order valence-electron chi connectivity index (χ0n) is 8.45. The highest BCUT2D eigenvalue weighted by atomic mass is 19.1. The second-order valence-electron chi connectivity index (χ2n) is 3.56. The van der Waals surface area contributed by atoms with Crippen LogP contribution in [-0.2, 0) is 4.79 Å². The van der Waals surface area contributed by atoms with Crippen LogP contribution in [0.3, 0.4) is 0 Å². The number of benzene rings is 1. The van der Waals surface area contributed by atoms with Crippen molar-refractivity contribution in [1.29, 1.82) is 0 Å². The van der Waals surface area contributed by atoms with Crippen molar-refractivity contribution in [3.63, 3.8) is 0 Å². The maximum Gasteiger partial charge on any atom is 0.377 e. The third-order valence-corrected chi connectivity index (χ3v) is 2.04. The predicted molar refractivity (Wildman–Crippen MR) is 52.5 cm³/mol. The molecule has 0 saturated heterocycles. The number of hydrogen-bond donors (Lipinski definition) is 1. The molecule has 1 rings (SSSR count). The summed E-state index contributed by atoms with van der Waals surface area (Å²) >= 11 is 0. The van der Waals surface area contributed by atoms with E-state index in [0.29, 0.717) is 5.56 Å². The molecule has 0 aliphatic rings. The first-order valence-corrected chi connectivity index (χ1v) is 4.50. The Labute approximate surface area is 86.5 Å². The van der Waals surface area contributed by atoms with Crippen LogP contribution >= 0.6 is 0 Å². The van der Waals surface area contributed by atoms with Crippen molar-refractivity contribution in [2.45, 2.75) is 19.8 Å². The molecule has 0 aliphatic heterocycles. The number of halogens is 1. The zero-order chi connectivity index (χ0) is 11.6. The molecule has 0 spiro atoms. The average Bonchev–Trinajstić information content (AvgIpc) is 2.15. The minimum absolute atomic E-state index is 0.0426. The lowest BCUT2D eigenvalue weighted by Crippen LogP contribution is -2.13. The van der Waals surface area contributed by atoms with Crippen LogP contribution < -0.4 is 0 Å². The van der Waals surface area contributed by atoms with Gasteiger partial charge in [0.1, 0.15) is 5.82 Å². The lowest BCUT2D eigenvalue weighted by Gasteiger charge is -2.06. The monoisotopic (exact) mass is 210 g/mol. The van der Waals surface area contributed by atoms with E-state index in [1.54, 1.807) is 0 Å². The Bertz CT molecular complexity index is 410. The van der Waals surface area contributed by atoms with Crippen LogP contribution in [0.5, 0.6) is 0 Å². The molecule has 0 fully saturated rings. The highest BCUT2D eigenvalue weighted by Gasteiger charge is 2.16. The third kappa shape index (κ3) is 2.62. The SMILES string of the molecule is CC(C)c1cc(F)cc(C(=O)C(=O)O)c1. The number of carboxylic acids is 1. The Balaban J connectivity index is 3.20. The molecule has 0 heterocycles. The summed E-state index contributed by atoms with van der Waals surface area (Å²) in [6.45, 7) is 3.67. The molecule has 1 aromatic rings. The van der Waals surface area contributed by atoms with Gasteiger partial charge in [-0.1, -0.05) is 13.8 Å². The molecule has 0 amide bonds. The number of rotatable bonds is 3. The highest BCUT2D eigenvalue weighted by molar-refractivity contribution is 6.39. The Morgan fingerprint density at radius 2 is 1.87 bits per heavy atom. The largest absolute Gasteiger partial charge is 0.475 e. The fraction of sp³-hybridized carbons (Fsp3) is 0.273. The second kappa shape index (κ2) is 4.21. The number of hydrogen-bond acceptors (Lipinski definition) is 2. The normalized spacial score (nSPS) is 10.4. The molecule has 1 N–H and O–H groups in total. The van der Waals surface area contributed by atoms with E-state index in [9.17, 15) is 14.0 Å². The second-order valence-corrected chi connectivity index (χ2v) is 3.56. The Hall–Kier alpha value is -1.71. The molecule has 0 unspecified atom stereocenters. The fourth-order valence-corrected chi connectivity index (χ4v) is 1.20. The van der Waals surface area contributed by atoms with Crippen molar-refractivity contribution in [2.75, 3.05) is 0 Å². The Kier molecular flexibility index (Phi) is 3.19. The summed E-state index contributed by atoms with van der Waals surface area (Å²) in [7, 11) is 0. The van der Waals surface area contributed by atoms with E-state index in [1.165, 1.54) is 12.1 Å². The van der Waals surface area contributed by atoms with Crippen LogP contribution in [0.2, 0.25) is 0 Å². The van der Waals surface area contributed by atoms with Gasteiger partial charge in [-0.05, 0) is 29.7 Å². The molecule has 15 heavy (non-hydrogen) atoms. The summed E-state index contributed by atoms with van der Waals surface area (Å²) in [5.74, 6) is -3.21. The minimum atomic E-state index is -1.57. The van der Waals surface area contributed by atoms with Gasteiger partial charge in [0.05, 0.1) is 0 Å². The Morgan fingerprint density at radius 1 is 1.27 bits per heavy atom. The molecule has 0 aromatic heterocycles. The summed E-state index contributed by atoms with van der Waals surface area (Å²) in [5.41, 5.74) is 0.491. The Morgan fingerprint density at radius 3 is 2.33 bits per heavy atom. The summed E-state index contributed by atoms with van der Waals surface area (Å²) < 4.78 is 13.1. The highest BCUT2D eigenvalue weighted by Crippen LogP contribution is 2.18. The molecule has 0 aliphatic carbocycles. The van der Waals surface area contributed by atoms with Crippen LogP contribution in [-0.4, -0.2) is 16.9 Å². The van der Waals surface area contributed by atoms with Crippen molar-refractivity contribution in [2.24, 2.45) is 0 Å². The van der Waals surface area contributed by atoms with Gasteiger partial charge in [0, 0.05) is 5.56 Å². The van der Waals surface area contributed by atoms with Gasteiger partial charge < -0.3 is 5.11 Å². The topological polar surface area (TPSA) is 54.4 Å². The molecule has 0 saturated carbocycles. The quantitative estimate of drug-likeness (QED) is 0.614. The van der Waals surface area contributed by atoms with E-state index >= 15 is 0 Å². The number of carbonyl (C=O) groups excluding carboxylic acids is 1. The maximum atomic E-state index is 13.1. The summed E-state index contributed by atoms with van der Waals surface area (Å²) in [5, 5.41) is 8.48. The smallest absolute Gasteiger partial charge is 0.377 e. The van der Waals surface area contributed by atoms with Crippen LogP contribution in [0.1, 0.15) is 35.7 Å². The molecule has 3 nitrogen and oxygen atoms in total. The van der Waals surface area contributed by atoms with Gasteiger partial charge in [-0.15, -0.1) is 0 Å². The molecular formula is C11H11FO3. The van der Waals surface area contributed by atoms with Crippen LogP contribution in [0.25, 0.3) is 0 Å². The van der Waals surface area contributed by atoms with E-state index < -0.39 is 17.6 Å². The lowest BCUT2D eigenvalue weighted by atomic mass is 9.99. The molecule has 0 bridgehead atoms. The fourth-order valence-electron chi connectivity index (χ4n) is 1.20. The number of Topliss-reactive ketones (excluding diaryl/α,β-unsaturated/α-hetero) is 1. The summed E-state index contributed by atoms with van der Waals surface area (Å²) in [6, 6.07) is 3.63. The number of carbonyl (C=O) groups is 2. The van der Waals surface area contributed by atoms with Gasteiger partial charge in [-0.3, -0.25) is 4.79 Å².